The minimum absolute atomic E-state index is 0.0225. The molecule has 0 fully saturated rings. The van der Waals surface area contributed by atoms with Gasteiger partial charge in [-0.25, -0.2) is 9.42 Å². The lowest BCUT2D eigenvalue weighted by molar-refractivity contribution is 0.0688. The number of carboxylic acids is 1. The highest BCUT2D eigenvalue weighted by Gasteiger charge is 2.24. The van der Waals surface area contributed by atoms with Crippen LogP contribution in [0.3, 0.4) is 0 Å². The number of hydrogen-bond acceptors (Lipinski definition) is 8. The number of rotatable bonds is 7. The fraction of sp³-hybridized carbons (Fsp3) is 0.545. The summed E-state index contributed by atoms with van der Waals surface area (Å²) in [5.74, 6) is -1.00. The van der Waals surface area contributed by atoms with Crippen LogP contribution in [0.5, 0.6) is 0 Å². The third-order valence-electron chi connectivity index (χ3n) is 2.98. The van der Waals surface area contributed by atoms with Crippen LogP contribution in [0, 0.1) is 0 Å². The highest BCUT2D eigenvalue weighted by molar-refractivity contribution is 5.86. The van der Waals surface area contributed by atoms with Crippen LogP contribution in [0.2, 0.25) is 0 Å². The molecule has 0 aromatic carbocycles. The third kappa shape index (κ3) is 3.16. The first kappa shape index (κ1) is 14.9. The first-order chi connectivity index (χ1) is 10.0. The number of aromatic nitrogens is 5. The summed E-state index contributed by atoms with van der Waals surface area (Å²) < 4.78 is 5.77. The first-order valence-corrected chi connectivity index (χ1v) is 6.49. The summed E-state index contributed by atoms with van der Waals surface area (Å²) in [5.41, 5.74) is 5.86. The van der Waals surface area contributed by atoms with Gasteiger partial charge >= 0.3 is 5.97 Å². The average Bonchev–Trinajstić information content (AvgIpc) is 3.02. The number of nitrogen functional groups attached to an aromatic ring is 1. The van der Waals surface area contributed by atoms with E-state index in [1.54, 1.807) is 0 Å². The molecule has 0 aliphatic rings. The Hall–Kier alpha value is -2.49. The number of anilines is 1. The van der Waals surface area contributed by atoms with Gasteiger partial charge in [0.2, 0.25) is 11.6 Å². The second kappa shape index (κ2) is 6.31. The smallest absolute Gasteiger partial charge is 0.358 e. The maximum absolute atomic E-state index is 11.3. The highest BCUT2D eigenvalue weighted by Crippen LogP contribution is 2.17. The summed E-state index contributed by atoms with van der Waals surface area (Å²) in [5, 5.41) is 23.8. The summed E-state index contributed by atoms with van der Waals surface area (Å²) in [7, 11) is 1.89. The number of nitrogens with zero attached hydrogens (tertiary/aromatic N) is 6. The van der Waals surface area contributed by atoms with Gasteiger partial charge in [-0.3, -0.25) is 0 Å². The minimum atomic E-state index is -1.16. The van der Waals surface area contributed by atoms with E-state index in [2.05, 4.69) is 32.2 Å². The van der Waals surface area contributed by atoms with Crippen molar-refractivity contribution < 1.29 is 14.5 Å². The molecule has 0 aliphatic carbocycles. The molecule has 10 nitrogen and oxygen atoms in total. The van der Waals surface area contributed by atoms with Crippen LogP contribution in [0.15, 0.2) is 4.63 Å². The number of carboxylic acid groups (broad SMARTS) is 1. The summed E-state index contributed by atoms with van der Waals surface area (Å²) in [6.45, 7) is 3.26. The second-order valence-corrected chi connectivity index (χ2v) is 4.67. The van der Waals surface area contributed by atoms with Crippen molar-refractivity contribution in [1.29, 1.82) is 0 Å². The number of carbonyl (C=O) groups is 1. The van der Waals surface area contributed by atoms with Crippen molar-refractivity contribution in [3.8, 4) is 5.82 Å². The molecule has 0 saturated carbocycles. The number of aromatic carboxylic acids is 1. The topological polar surface area (TPSA) is 136 Å². The largest absolute Gasteiger partial charge is 0.476 e. The molecule has 10 heteroatoms. The molecule has 21 heavy (non-hydrogen) atoms. The normalized spacial score (nSPS) is 11.2. The zero-order valence-electron chi connectivity index (χ0n) is 11.9. The molecule has 0 spiro atoms. The van der Waals surface area contributed by atoms with E-state index in [-0.39, 0.29) is 17.3 Å². The zero-order chi connectivity index (χ0) is 15.4. The first-order valence-electron chi connectivity index (χ1n) is 6.49. The lowest BCUT2D eigenvalue weighted by Crippen LogP contribution is -2.22. The lowest BCUT2D eigenvalue weighted by Gasteiger charge is -2.16. The lowest BCUT2D eigenvalue weighted by atomic mass is 10.2. The standard InChI is InChI=1S/C11H17N7O3/c1-3-4-5-17(2)6-7-8(11(19)20)13-16-18(7)10-9(12)14-21-15-10/h3-6H2,1-2H3,(H2,12,14)(H,19,20). The Bertz CT molecular complexity index is 621. The Balaban J connectivity index is 2.34. The molecule has 0 saturated heterocycles. The summed E-state index contributed by atoms with van der Waals surface area (Å²) in [4.78, 5) is 13.2. The molecular formula is C11H17N7O3. The second-order valence-electron chi connectivity index (χ2n) is 4.67. The van der Waals surface area contributed by atoms with Gasteiger partial charge in [-0.2, -0.15) is 4.68 Å². The monoisotopic (exact) mass is 295 g/mol. The van der Waals surface area contributed by atoms with E-state index in [1.807, 2.05) is 11.9 Å². The molecule has 3 N–H and O–H groups in total. The third-order valence-corrected chi connectivity index (χ3v) is 2.98. The average molecular weight is 295 g/mol. The van der Waals surface area contributed by atoms with Crippen molar-refractivity contribution in [3.63, 3.8) is 0 Å². The molecular weight excluding hydrogens is 278 g/mol. The summed E-state index contributed by atoms with van der Waals surface area (Å²) in [6, 6.07) is 0. The molecule has 0 atom stereocenters. The number of hydrogen-bond donors (Lipinski definition) is 2. The fourth-order valence-electron chi connectivity index (χ4n) is 1.88. The number of unbranched alkanes of at least 4 members (excludes halogenated alkanes) is 1. The Morgan fingerprint density at radius 2 is 2.24 bits per heavy atom. The van der Waals surface area contributed by atoms with E-state index >= 15 is 0 Å². The SMILES string of the molecule is CCCCN(C)Cc1c(C(=O)O)nnn1-c1nonc1N. The summed E-state index contributed by atoms with van der Waals surface area (Å²) >= 11 is 0. The predicted molar refractivity (Wildman–Crippen MR) is 71.8 cm³/mol. The maximum Gasteiger partial charge on any atom is 0.358 e. The van der Waals surface area contributed by atoms with Crippen molar-refractivity contribution in [2.24, 2.45) is 0 Å². The van der Waals surface area contributed by atoms with Crippen LogP contribution in [0.1, 0.15) is 35.9 Å². The van der Waals surface area contributed by atoms with Gasteiger partial charge in [-0.1, -0.05) is 18.6 Å². The maximum atomic E-state index is 11.3. The highest BCUT2D eigenvalue weighted by atomic mass is 16.6. The van der Waals surface area contributed by atoms with Gasteiger partial charge in [-0.15, -0.1) is 5.10 Å². The Kier molecular flexibility index (Phi) is 4.48. The quantitative estimate of drug-likeness (QED) is 0.731. The van der Waals surface area contributed by atoms with Crippen LogP contribution in [-0.2, 0) is 6.54 Å². The van der Waals surface area contributed by atoms with Crippen molar-refractivity contribution in [1.82, 2.24) is 30.2 Å². The van der Waals surface area contributed by atoms with Crippen molar-refractivity contribution in [2.75, 3.05) is 19.3 Å². The van der Waals surface area contributed by atoms with Crippen molar-refractivity contribution in [3.05, 3.63) is 11.4 Å². The van der Waals surface area contributed by atoms with Gasteiger partial charge < -0.3 is 15.7 Å². The van der Waals surface area contributed by atoms with Gasteiger partial charge in [0.15, 0.2) is 5.69 Å². The molecule has 2 aromatic heterocycles. The summed E-state index contributed by atoms with van der Waals surface area (Å²) in [6.07, 6.45) is 2.06. The van der Waals surface area contributed by atoms with Gasteiger partial charge in [0.25, 0.3) is 0 Å². The molecule has 0 amide bonds. The van der Waals surface area contributed by atoms with E-state index < -0.39 is 5.97 Å². The van der Waals surface area contributed by atoms with Crippen LogP contribution < -0.4 is 5.73 Å². The Morgan fingerprint density at radius 1 is 1.48 bits per heavy atom. The van der Waals surface area contributed by atoms with Crippen LogP contribution >= 0.6 is 0 Å². The predicted octanol–water partition coefficient (Wildman–Crippen LogP) is 0.163. The van der Waals surface area contributed by atoms with Gasteiger partial charge in [0.05, 0.1) is 5.69 Å². The molecule has 0 bridgehead atoms. The Labute approximate surface area is 120 Å². The molecule has 2 rings (SSSR count). The molecule has 2 heterocycles. The fourth-order valence-corrected chi connectivity index (χ4v) is 1.88. The van der Waals surface area contributed by atoms with E-state index in [0.29, 0.717) is 12.2 Å². The Morgan fingerprint density at radius 3 is 2.81 bits per heavy atom. The van der Waals surface area contributed by atoms with Crippen LogP contribution in [-0.4, -0.2) is 54.9 Å². The van der Waals surface area contributed by atoms with Crippen molar-refractivity contribution in [2.45, 2.75) is 26.3 Å². The van der Waals surface area contributed by atoms with Gasteiger partial charge in [-0.05, 0) is 30.3 Å². The number of nitrogens with two attached hydrogens (primary N) is 1. The molecule has 2 aromatic rings. The zero-order valence-corrected chi connectivity index (χ0v) is 11.9. The van der Waals surface area contributed by atoms with E-state index in [1.165, 1.54) is 4.68 Å². The van der Waals surface area contributed by atoms with E-state index in [9.17, 15) is 9.90 Å². The van der Waals surface area contributed by atoms with Crippen LogP contribution in [0.25, 0.3) is 5.82 Å². The van der Waals surface area contributed by atoms with Gasteiger partial charge in [0, 0.05) is 6.54 Å². The van der Waals surface area contributed by atoms with E-state index in [0.717, 1.165) is 19.4 Å². The van der Waals surface area contributed by atoms with Gasteiger partial charge in [0.1, 0.15) is 0 Å². The van der Waals surface area contributed by atoms with Crippen molar-refractivity contribution >= 4 is 11.8 Å². The van der Waals surface area contributed by atoms with E-state index in [4.69, 9.17) is 5.73 Å². The van der Waals surface area contributed by atoms with Crippen LogP contribution in [0.4, 0.5) is 5.82 Å². The molecule has 0 aliphatic heterocycles. The minimum Gasteiger partial charge on any atom is -0.476 e. The molecule has 114 valence electrons. The molecule has 0 unspecified atom stereocenters. The molecule has 0 radical (unpaired) electrons.